The zero-order valence-electron chi connectivity index (χ0n) is 24.8. The monoisotopic (exact) mass is 653 g/mol. The smallest absolute Gasteiger partial charge is 0.422 e. The molecule has 1 aliphatic heterocycles. The molecule has 0 aromatic heterocycles. The number of para-hydroxylation sites is 1. The van der Waals surface area contributed by atoms with E-state index in [2.05, 4.69) is 20.9 Å². The van der Waals surface area contributed by atoms with E-state index in [-0.39, 0.29) is 42.8 Å². The van der Waals surface area contributed by atoms with Crippen molar-refractivity contribution in [3.05, 3.63) is 30.3 Å². The topological polar surface area (TPSA) is 159 Å². The predicted molar refractivity (Wildman–Crippen MR) is 165 cm³/mol. The molecule has 44 heavy (non-hydrogen) atoms. The fourth-order valence-electron chi connectivity index (χ4n) is 6.00. The van der Waals surface area contributed by atoms with Crippen LogP contribution in [0, 0.1) is 11.8 Å². The van der Waals surface area contributed by atoms with Crippen LogP contribution in [0.25, 0.3) is 0 Å². The highest BCUT2D eigenvalue weighted by molar-refractivity contribution is 6.24. The van der Waals surface area contributed by atoms with E-state index >= 15 is 0 Å². The average molecular weight is 655 g/mol. The summed E-state index contributed by atoms with van der Waals surface area (Å²) in [5, 5.41) is 18.6. The summed E-state index contributed by atoms with van der Waals surface area (Å²) in [6.07, 6.45) is 1.88. The lowest BCUT2D eigenvalue weighted by Crippen LogP contribution is -2.53. The fraction of sp³-hybridized carbons (Fsp3) is 0.633. The highest BCUT2D eigenvalue weighted by atomic mass is 35.5. The first-order valence-electron chi connectivity index (χ1n) is 15.2. The average Bonchev–Trinajstić information content (AvgIpc) is 3.46. The fourth-order valence-corrected chi connectivity index (χ4v) is 6.89. The van der Waals surface area contributed by atoms with Gasteiger partial charge >= 0.3 is 12.1 Å². The van der Waals surface area contributed by atoms with Gasteiger partial charge in [0.15, 0.2) is 0 Å². The van der Waals surface area contributed by atoms with Crippen LogP contribution in [0.5, 0.6) is 5.75 Å². The maximum Gasteiger partial charge on any atom is 0.422 e. The quantitative estimate of drug-likeness (QED) is 0.222. The largest absolute Gasteiger partial charge is 0.466 e. The lowest BCUT2D eigenvalue weighted by molar-refractivity contribution is -0.144. The van der Waals surface area contributed by atoms with Crippen molar-refractivity contribution in [3.63, 3.8) is 0 Å². The Labute approximate surface area is 267 Å². The van der Waals surface area contributed by atoms with Gasteiger partial charge in [-0.3, -0.25) is 19.4 Å². The minimum absolute atomic E-state index is 0.0917. The summed E-state index contributed by atoms with van der Waals surface area (Å²) in [6.45, 7) is 2.41. The van der Waals surface area contributed by atoms with Crippen LogP contribution < -0.4 is 20.7 Å². The number of aliphatic imine (C=N–C) groups is 1. The molecule has 4 rings (SSSR count). The molecule has 3 amide bonds. The Balaban J connectivity index is 1.27. The number of esters is 1. The molecule has 7 atom stereocenters. The van der Waals surface area contributed by atoms with Gasteiger partial charge in [0.05, 0.1) is 44.1 Å². The van der Waals surface area contributed by atoms with Crippen LogP contribution in [-0.4, -0.2) is 95.0 Å². The van der Waals surface area contributed by atoms with Crippen molar-refractivity contribution in [2.45, 2.75) is 80.8 Å². The number of nitrogens with one attached hydrogen (secondary N) is 3. The van der Waals surface area contributed by atoms with Crippen LogP contribution in [0.3, 0.4) is 0 Å². The van der Waals surface area contributed by atoms with Crippen LogP contribution in [0.2, 0.25) is 0 Å². The van der Waals surface area contributed by atoms with E-state index in [0.29, 0.717) is 50.5 Å². The first-order valence-corrected chi connectivity index (χ1v) is 16.1. The predicted octanol–water partition coefficient (Wildman–Crippen LogP) is 2.55. The molecule has 1 heterocycles. The van der Waals surface area contributed by atoms with Gasteiger partial charge in [-0.05, 0) is 51.2 Å². The summed E-state index contributed by atoms with van der Waals surface area (Å²) in [5.74, 6) is -1.31. The number of guanidine groups is 1. The second kappa shape index (κ2) is 16.3. The molecular formula is C30H41Cl2N5O7. The van der Waals surface area contributed by atoms with E-state index in [1.165, 1.54) is 4.90 Å². The summed E-state index contributed by atoms with van der Waals surface area (Å²) in [5.41, 5.74) is 0. The van der Waals surface area contributed by atoms with Gasteiger partial charge < -0.3 is 30.5 Å². The van der Waals surface area contributed by atoms with E-state index in [4.69, 9.17) is 32.7 Å². The Hall–Kier alpha value is -3.09. The molecule has 1 aromatic carbocycles. The molecule has 0 bridgehead atoms. The number of benzene rings is 1. The van der Waals surface area contributed by atoms with Crippen molar-refractivity contribution >= 4 is 53.0 Å². The number of carbonyl (C=O) groups excluding carboxylic acids is 4. The molecule has 0 spiro atoms. The molecule has 2 fully saturated rings. The number of aliphatic hydroxyl groups is 1. The molecule has 0 radical (unpaired) electrons. The minimum atomic E-state index is -0.965. The molecule has 4 N–H and O–H groups in total. The number of halogens is 2. The van der Waals surface area contributed by atoms with Crippen LogP contribution in [0.15, 0.2) is 35.3 Å². The summed E-state index contributed by atoms with van der Waals surface area (Å²) in [7, 11) is 0. The van der Waals surface area contributed by atoms with Crippen molar-refractivity contribution in [2.75, 3.05) is 26.2 Å². The Morgan fingerprint density at radius 1 is 1.11 bits per heavy atom. The summed E-state index contributed by atoms with van der Waals surface area (Å²) >= 11 is 12.6. The van der Waals surface area contributed by atoms with Gasteiger partial charge in [0.2, 0.25) is 17.8 Å². The van der Waals surface area contributed by atoms with Gasteiger partial charge in [-0.25, -0.2) is 9.69 Å². The van der Waals surface area contributed by atoms with Crippen LogP contribution in [0.4, 0.5) is 4.79 Å². The third kappa shape index (κ3) is 9.45. The molecule has 14 heteroatoms. The Bertz CT molecular complexity index is 1190. The van der Waals surface area contributed by atoms with E-state index in [1.807, 2.05) is 6.07 Å². The number of alkyl halides is 2. The van der Waals surface area contributed by atoms with Gasteiger partial charge in [-0.1, -0.05) is 24.6 Å². The standard InChI is InChI=1S/C30H41Cl2N5O7/c1-2-43-26(39)16-24(22-14-19(31)15-23(32)27(22)40)36-25(38)17-34-28(41)18-7-6-8-20(13-18)35-29-33-11-12-37(29)30(42)44-21-9-4-3-5-10-21/h3-5,9-10,18-20,22-24,27,40H,2,6-8,11-17H2,1H3,(H,33,35)(H,34,41)(H,36,38). The van der Waals surface area contributed by atoms with Crippen molar-refractivity contribution < 1.29 is 33.8 Å². The summed E-state index contributed by atoms with van der Waals surface area (Å²) < 4.78 is 10.5. The molecule has 3 aliphatic rings. The molecule has 242 valence electrons. The molecule has 7 unspecified atom stereocenters. The SMILES string of the molecule is CCOC(=O)CC(NC(=O)CNC(=O)C1CCCC(NC2=NCCN2C(=O)Oc2ccccc2)C1)C1CC(Cl)CC(Cl)C1O. The lowest BCUT2D eigenvalue weighted by atomic mass is 9.79. The number of rotatable bonds is 10. The van der Waals surface area contributed by atoms with E-state index in [9.17, 15) is 24.3 Å². The Kier molecular flexibility index (Phi) is 12.5. The normalized spacial score (nSPS) is 27.5. The number of hydrogen-bond acceptors (Lipinski definition) is 9. The third-order valence-electron chi connectivity index (χ3n) is 8.18. The van der Waals surface area contributed by atoms with Crippen molar-refractivity contribution in [1.82, 2.24) is 20.9 Å². The second-order valence-electron chi connectivity index (χ2n) is 11.4. The molecule has 0 saturated heterocycles. The molecule has 2 aliphatic carbocycles. The van der Waals surface area contributed by atoms with Crippen LogP contribution in [-0.2, 0) is 19.1 Å². The van der Waals surface area contributed by atoms with Crippen LogP contribution in [0.1, 0.15) is 51.9 Å². The number of ether oxygens (including phenoxy) is 2. The molecule has 2 saturated carbocycles. The zero-order chi connectivity index (χ0) is 31.6. The molecular weight excluding hydrogens is 613 g/mol. The maximum atomic E-state index is 13.1. The van der Waals surface area contributed by atoms with Gasteiger partial charge in [-0.2, -0.15) is 0 Å². The highest BCUT2D eigenvalue weighted by Crippen LogP contribution is 2.34. The lowest BCUT2D eigenvalue weighted by Gasteiger charge is -2.39. The first-order chi connectivity index (χ1) is 21.1. The summed E-state index contributed by atoms with van der Waals surface area (Å²) in [6, 6.07) is 7.95. The van der Waals surface area contributed by atoms with E-state index in [1.54, 1.807) is 31.2 Å². The number of carbonyl (C=O) groups is 4. The Morgan fingerprint density at radius 2 is 1.89 bits per heavy atom. The maximum absolute atomic E-state index is 13.1. The first kappa shape index (κ1) is 33.8. The van der Waals surface area contributed by atoms with E-state index in [0.717, 1.165) is 12.8 Å². The third-order valence-corrected chi connectivity index (χ3v) is 8.98. The zero-order valence-corrected chi connectivity index (χ0v) is 26.3. The minimum Gasteiger partial charge on any atom is -0.466 e. The Morgan fingerprint density at radius 3 is 2.64 bits per heavy atom. The number of amides is 3. The number of aliphatic hydroxyl groups excluding tert-OH is 1. The van der Waals surface area contributed by atoms with Gasteiger partial charge in [0.25, 0.3) is 0 Å². The van der Waals surface area contributed by atoms with Gasteiger partial charge in [0, 0.05) is 29.3 Å². The second-order valence-corrected chi connectivity index (χ2v) is 12.6. The number of nitrogens with zero attached hydrogens (tertiary/aromatic N) is 2. The van der Waals surface area contributed by atoms with Gasteiger partial charge in [0.1, 0.15) is 5.75 Å². The van der Waals surface area contributed by atoms with Crippen molar-refractivity contribution in [1.29, 1.82) is 0 Å². The molecule has 12 nitrogen and oxygen atoms in total. The van der Waals surface area contributed by atoms with Gasteiger partial charge in [-0.15, -0.1) is 23.2 Å². The summed E-state index contributed by atoms with van der Waals surface area (Å²) in [4.78, 5) is 56.9. The van der Waals surface area contributed by atoms with E-state index < -0.39 is 41.4 Å². The van der Waals surface area contributed by atoms with Crippen molar-refractivity contribution in [3.8, 4) is 5.75 Å². The van der Waals surface area contributed by atoms with Crippen LogP contribution >= 0.6 is 23.2 Å². The highest BCUT2D eigenvalue weighted by Gasteiger charge is 2.41. The van der Waals surface area contributed by atoms with Crippen molar-refractivity contribution in [2.24, 2.45) is 16.8 Å². The number of hydrogen-bond donors (Lipinski definition) is 4. The molecule has 1 aromatic rings.